The monoisotopic (exact) mass is 509 g/mol. The van der Waals surface area contributed by atoms with Crippen molar-refractivity contribution in [1.29, 1.82) is 0 Å². The van der Waals surface area contributed by atoms with E-state index in [2.05, 4.69) is 36.2 Å². The number of para-hydroxylation sites is 1. The van der Waals surface area contributed by atoms with Crippen molar-refractivity contribution in [2.24, 2.45) is 0 Å². The summed E-state index contributed by atoms with van der Waals surface area (Å²) in [6, 6.07) is 4.08. The zero-order valence-corrected chi connectivity index (χ0v) is 20.4. The SMILES string of the molecule is CC(NC(=O)C(Cc1c[nH]c2ccccc12)NC(=O)C1CCCN1)C(=O)NC(Cc1cnc[nH]1)C(=O)O. The van der Waals surface area contributed by atoms with E-state index in [4.69, 9.17) is 0 Å². The molecule has 1 aliphatic heterocycles. The topological polar surface area (TPSA) is 181 Å². The highest BCUT2D eigenvalue weighted by molar-refractivity contribution is 5.94. The van der Waals surface area contributed by atoms with Crippen molar-refractivity contribution < 1.29 is 24.3 Å². The van der Waals surface area contributed by atoms with E-state index in [-0.39, 0.29) is 24.8 Å². The van der Waals surface area contributed by atoms with Gasteiger partial charge in [0.25, 0.3) is 0 Å². The van der Waals surface area contributed by atoms with E-state index in [1.165, 1.54) is 19.4 Å². The lowest BCUT2D eigenvalue weighted by Crippen LogP contribution is -2.57. The van der Waals surface area contributed by atoms with E-state index >= 15 is 0 Å². The van der Waals surface area contributed by atoms with E-state index in [0.717, 1.165) is 29.4 Å². The number of fused-ring (bicyclic) bond motifs is 1. The Kier molecular flexibility index (Phi) is 8.18. The van der Waals surface area contributed by atoms with Crippen molar-refractivity contribution in [2.75, 3.05) is 6.54 Å². The highest BCUT2D eigenvalue weighted by Gasteiger charge is 2.30. The van der Waals surface area contributed by atoms with Gasteiger partial charge in [-0.2, -0.15) is 0 Å². The molecule has 3 amide bonds. The van der Waals surface area contributed by atoms with Crippen LogP contribution in [0.4, 0.5) is 0 Å². The maximum atomic E-state index is 13.3. The molecular formula is C25H31N7O5. The van der Waals surface area contributed by atoms with Gasteiger partial charge in [0, 0.05) is 41.8 Å². The van der Waals surface area contributed by atoms with Gasteiger partial charge in [0.15, 0.2) is 0 Å². The molecule has 12 heteroatoms. The molecule has 3 aromatic rings. The molecule has 1 aliphatic rings. The van der Waals surface area contributed by atoms with Gasteiger partial charge >= 0.3 is 5.97 Å². The summed E-state index contributed by atoms with van der Waals surface area (Å²) in [4.78, 5) is 60.3. The Labute approximate surface area is 213 Å². The van der Waals surface area contributed by atoms with Crippen LogP contribution in [0.2, 0.25) is 0 Å². The number of benzene rings is 1. The quantitative estimate of drug-likeness (QED) is 0.190. The number of aromatic nitrogens is 3. The molecule has 12 nitrogen and oxygen atoms in total. The van der Waals surface area contributed by atoms with E-state index in [1.807, 2.05) is 24.3 Å². The number of nitrogens with one attached hydrogen (secondary N) is 6. The van der Waals surface area contributed by atoms with Crippen LogP contribution in [0.25, 0.3) is 10.9 Å². The number of hydrogen-bond acceptors (Lipinski definition) is 6. The maximum absolute atomic E-state index is 13.3. The number of hydrogen-bond donors (Lipinski definition) is 7. The Hall–Kier alpha value is -4.19. The molecule has 1 saturated heterocycles. The highest BCUT2D eigenvalue weighted by atomic mass is 16.4. The van der Waals surface area contributed by atoms with Crippen molar-refractivity contribution in [3.05, 3.63) is 54.2 Å². The summed E-state index contributed by atoms with van der Waals surface area (Å²) >= 11 is 0. The van der Waals surface area contributed by atoms with Gasteiger partial charge < -0.3 is 36.3 Å². The van der Waals surface area contributed by atoms with Crippen LogP contribution in [0.5, 0.6) is 0 Å². The molecule has 1 fully saturated rings. The van der Waals surface area contributed by atoms with Crippen LogP contribution >= 0.6 is 0 Å². The summed E-state index contributed by atoms with van der Waals surface area (Å²) in [5.41, 5.74) is 2.30. The summed E-state index contributed by atoms with van der Waals surface area (Å²) in [6.45, 7) is 2.20. The zero-order valence-electron chi connectivity index (χ0n) is 20.4. The van der Waals surface area contributed by atoms with Crippen LogP contribution < -0.4 is 21.3 Å². The summed E-state index contributed by atoms with van der Waals surface area (Å²) in [5, 5.41) is 21.5. The molecule has 196 valence electrons. The van der Waals surface area contributed by atoms with Crippen LogP contribution in [0.1, 0.15) is 31.0 Å². The third-order valence-electron chi connectivity index (χ3n) is 6.45. The largest absolute Gasteiger partial charge is 0.480 e. The van der Waals surface area contributed by atoms with Gasteiger partial charge in [-0.05, 0) is 37.9 Å². The molecule has 7 N–H and O–H groups in total. The average molecular weight is 510 g/mol. The van der Waals surface area contributed by atoms with Gasteiger partial charge in [-0.15, -0.1) is 0 Å². The third kappa shape index (κ3) is 6.53. The van der Waals surface area contributed by atoms with Gasteiger partial charge in [0.2, 0.25) is 17.7 Å². The van der Waals surface area contributed by atoms with Crippen LogP contribution in [0, 0.1) is 0 Å². The number of aromatic amines is 2. The maximum Gasteiger partial charge on any atom is 0.326 e. The molecule has 0 spiro atoms. The van der Waals surface area contributed by atoms with Crippen molar-refractivity contribution >= 4 is 34.6 Å². The second kappa shape index (κ2) is 11.7. The van der Waals surface area contributed by atoms with Crippen LogP contribution in [-0.2, 0) is 32.0 Å². The summed E-state index contributed by atoms with van der Waals surface area (Å²) in [5.74, 6) is -2.69. The fraction of sp³-hybridized carbons (Fsp3) is 0.400. The van der Waals surface area contributed by atoms with Gasteiger partial charge in [-0.1, -0.05) is 18.2 Å². The average Bonchev–Trinajstić information content (AvgIpc) is 3.65. The molecule has 1 aromatic carbocycles. The molecule has 4 atom stereocenters. The van der Waals surface area contributed by atoms with Gasteiger partial charge in [0.05, 0.1) is 12.4 Å². The number of imidazole rings is 1. The number of rotatable bonds is 11. The van der Waals surface area contributed by atoms with Gasteiger partial charge in [-0.3, -0.25) is 14.4 Å². The third-order valence-corrected chi connectivity index (χ3v) is 6.45. The second-order valence-corrected chi connectivity index (χ2v) is 9.18. The Morgan fingerprint density at radius 3 is 2.57 bits per heavy atom. The molecule has 0 bridgehead atoms. The Morgan fingerprint density at radius 2 is 1.86 bits per heavy atom. The molecule has 37 heavy (non-hydrogen) atoms. The van der Waals surface area contributed by atoms with Crippen LogP contribution in [-0.4, -0.2) is 74.5 Å². The van der Waals surface area contributed by atoms with Gasteiger partial charge in [-0.25, -0.2) is 9.78 Å². The van der Waals surface area contributed by atoms with Crippen molar-refractivity contribution in [3.8, 4) is 0 Å². The van der Waals surface area contributed by atoms with Gasteiger partial charge in [0.1, 0.15) is 18.1 Å². The summed E-state index contributed by atoms with van der Waals surface area (Å²) < 4.78 is 0. The fourth-order valence-corrected chi connectivity index (χ4v) is 4.40. The Morgan fingerprint density at radius 1 is 1.05 bits per heavy atom. The number of carboxylic acid groups (broad SMARTS) is 1. The molecule has 0 saturated carbocycles. The first kappa shape index (κ1) is 25.9. The fourth-order valence-electron chi connectivity index (χ4n) is 4.40. The predicted octanol–water partition coefficient (Wildman–Crippen LogP) is -0.0129. The van der Waals surface area contributed by atoms with E-state index < -0.39 is 35.9 Å². The molecule has 2 aromatic heterocycles. The van der Waals surface area contributed by atoms with Crippen molar-refractivity contribution in [1.82, 2.24) is 36.2 Å². The normalized spacial score (nSPS) is 17.6. The van der Waals surface area contributed by atoms with E-state index in [9.17, 15) is 24.3 Å². The lowest BCUT2D eigenvalue weighted by Gasteiger charge is -2.23. The van der Waals surface area contributed by atoms with E-state index in [1.54, 1.807) is 6.20 Å². The molecular weight excluding hydrogens is 478 g/mol. The van der Waals surface area contributed by atoms with Crippen molar-refractivity contribution in [3.63, 3.8) is 0 Å². The standard InChI is InChI=1S/C25H31N7O5/c1-14(22(33)32-21(25(36)37)10-16-12-26-13-29-16)30-24(35)20(31-23(34)19-7-4-8-27-19)9-15-11-28-18-6-3-2-5-17(15)18/h2-3,5-6,11-14,19-21,27-28H,4,7-10H2,1H3,(H,26,29)(H,30,35)(H,31,34)(H,32,33)(H,36,37). The van der Waals surface area contributed by atoms with E-state index in [0.29, 0.717) is 12.1 Å². The number of amides is 3. The smallest absolute Gasteiger partial charge is 0.326 e. The number of carbonyl (C=O) groups is 4. The number of carbonyl (C=O) groups excluding carboxylic acids is 3. The minimum absolute atomic E-state index is 0.00930. The second-order valence-electron chi connectivity index (χ2n) is 9.18. The minimum Gasteiger partial charge on any atom is -0.480 e. The molecule has 4 unspecified atom stereocenters. The molecule has 3 heterocycles. The minimum atomic E-state index is -1.21. The summed E-state index contributed by atoms with van der Waals surface area (Å²) in [6.07, 6.45) is 6.47. The molecule has 0 radical (unpaired) electrons. The number of nitrogens with zero attached hydrogens (tertiary/aromatic N) is 1. The zero-order chi connectivity index (χ0) is 26.4. The molecule has 0 aliphatic carbocycles. The lowest BCUT2D eigenvalue weighted by molar-refractivity contribution is -0.142. The Balaban J connectivity index is 1.44. The molecule has 4 rings (SSSR count). The highest BCUT2D eigenvalue weighted by Crippen LogP contribution is 2.19. The first-order valence-electron chi connectivity index (χ1n) is 12.2. The first-order valence-corrected chi connectivity index (χ1v) is 12.2. The Bertz CT molecular complexity index is 1250. The van der Waals surface area contributed by atoms with Crippen molar-refractivity contribution in [2.45, 2.75) is 56.8 Å². The predicted molar refractivity (Wildman–Crippen MR) is 134 cm³/mol. The number of aliphatic carboxylic acids is 1. The number of carboxylic acids is 1. The van der Waals surface area contributed by atoms with Crippen LogP contribution in [0.15, 0.2) is 43.0 Å². The van der Waals surface area contributed by atoms with Crippen LogP contribution in [0.3, 0.4) is 0 Å². The number of H-pyrrole nitrogens is 2. The lowest BCUT2D eigenvalue weighted by atomic mass is 10.0. The summed E-state index contributed by atoms with van der Waals surface area (Å²) in [7, 11) is 0. The first-order chi connectivity index (χ1) is 17.8.